The van der Waals surface area contributed by atoms with Gasteiger partial charge in [0.15, 0.2) is 11.5 Å². The summed E-state index contributed by atoms with van der Waals surface area (Å²) in [6.07, 6.45) is 3.82. The van der Waals surface area contributed by atoms with E-state index in [-0.39, 0.29) is 30.0 Å². The molecule has 0 radical (unpaired) electrons. The number of rotatable bonds is 6. The molecule has 1 saturated carbocycles. The summed E-state index contributed by atoms with van der Waals surface area (Å²) in [5.74, 6) is 0.884. The Hall–Kier alpha value is -2.15. The summed E-state index contributed by atoms with van der Waals surface area (Å²) in [4.78, 5) is 12.2. The first kappa shape index (κ1) is 15.7. The molecule has 0 aliphatic heterocycles. The van der Waals surface area contributed by atoms with Gasteiger partial charge in [-0.25, -0.2) is 4.79 Å². The van der Waals surface area contributed by atoms with E-state index in [2.05, 4.69) is 20.8 Å². The molecular weight excluding hydrogens is 294 g/mol. The zero-order chi connectivity index (χ0) is 16.4. The Morgan fingerprint density at radius 3 is 2.83 bits per heavy atom. The Morgan fingerprint density at radius 1 is 1.39 bits per heavy atom. The summed E-state index contributed by atoms with van der Waals surface area (Å²) in [5, 5.41) is 23.5. The second-order valence-electron chi connectivity index (χ2n) is 6.69. The summed E-state index contributed by atoms with van der Waals surface area (Å²) in [7, 11) is 0. The van der Waals surface area contributed by atoms with E-state index in [1.54, 1.807) is 0 Å². The van der Waals surface area contributed by atoms with E-state index in [1.165, 1.54) is 0 Å². The number of aliphatic hydroxyl groups excluding tert-OH is 1. The third-order valence-corrected chi connectivity index (χ3v) is 4.49. The maximum absolute atomic E-state index is 12.2. The molecule has 23 heavy (non-hydrogen) atoms. The number of fused-ring (bicyclic) bond motifs is 1. The van der Waals surface area contributed by atoms with Crippen LogP contribution in [0.4, 0.5) is 4.79 Å². The van der Waals surface area contributed by atoms with Crippen LogP contribution in [0.15, 0.2) is 24.4 Å². The van der Waals surface area contributed by atoms with Crippen LogP contribution in [-0.2, 0) is 0 Å². The Kier molecular flexibility index (Phi) is 4.21. The Balaban J connectivity index is 1.70. The normalized spacial score (nSPS) is 17.2. The summed E-state index contributed by atoms with van der Waals surface area (Å²) in [6.45, 7) is 4.69. The molecule has 1 aliphatic carbocycles. The van der Waals surface area contributed by atoms with Gasteiger partial charge in [0.25, 0.3) is 0 Å². The summed E-state index contributed by atoms with van der Waals surface area (Å²) < 4.78 is 1.89. The number of hydrogen-bond acceptors (Lipinski definition) is 4. The number of carbonyl (C=O) groups excluding carboxylic acids is 1. The molecule has 1 fully saturated rings. The molecule has 7 heteroatoms. The topological polar surface area (TPSA) is 91.5 Å². The first-order valence-electron chi connectivity index (χ1n) is 7.99. The average molecular weight is 317 g/mol. The molecule has 0 saturated heterocycles. The van der Waals surface area contributed by atoms with Crippen LogP contribution in [0.25, 0.3) is 5.65 Å². The predicted octanol–water partition coefficient (Wildman–Crippen LogP) is 1.50. The molecule has 1 aliphatic rings. The van der Waals surface area contributed by atoms with Gasteiger partial charge in [-0.05, 0) is 30.9 Å². The van der Waals surface area contributed by atoms with Crippen molar-refractivity contribution in [1.29, 1.82) is 0 Å². The maximum Gasteiger partial charge on any atom is 0.315 e. The van der Waals surface area contributed by atoms with Gasteiger partial charge in [0, 0.05) is 18.2 Å². The zero-order valence-corrected chi connectivity index (χ0v) is 13.5. The van der Waals surface area contributed by atoms with Crippen molar-refractivity contribution in [2.24, 2.45) is 11.3 Å². The van der Waals surface area contributed by atoms with Crippen molar-refractivity contribution >= 4 is 11.7 Å². The number of aliphatic hydroxyl groups is 1. The van der Waals surface area contributed by atoms with Gasteiger partial charge in [-0.2, -0.15) is 0 Å². The lowest BCUT2D eigenvalue weighted by Crippen LogP contribution is -2.43. The first-order valence-corrected chi connectivity index (χ1v) is 7.99. The molecule has 0 bridgehead atoms. The Morgan fingerprint density at radius 2 is 2.17 bits per heavy atom. The number of nitrogens with one attached hydrogen (secondary N) is 2. The van der Waals surface area contributed by atoms with Crippen LogP contribution in [-0.4, -0.2) is 38.9 Å². The predicted molar refractivity (Wildman–Crippen MR) is 85.9 cm³/mol. The number of carbonyl (C=O) groups is 1. The molecule has 7 nitrogen and oxygen atoms in total. The van der Waals surface area contributed by atoms with Crippen LogP contribution in [0, 0.1) is 11.3 Å². The molecule has 2 aromatic rings. The molecule has 3 rings (SSSR count). The largest absolute Gasteiger partial charge is 0.396 e. The third-order valence-electron chi connectivity index (χ3n) is 4.49. The quantitative estimate of drug-likeness (QED) is 0.753. The number of pyridine rings is 1. The van der Waals surface area contributed by atoms with Crippen molar-refractivity contribution in [2.45, 2.75) is 32.7 Å². The third kappa shape index (κ3) is 3.29. The van der Waals surface area contributed by atoms with Gasteiger partial charge in [-0.3, -0.25) is 4.40 Å². The minimum Gasteiger partial charge on any atom is -0.396 e. The molecule has 124 valence electrons. The van der Waals surface area contributed by atoms with E-state index in [4.69, 9.17) is 0 Å². The summed E-state index contributed by atoms with van der Waals surface area (Å²) in [6, 6.07) is 5.22. The maximum atomic E-state index is 12.2. The van der Waals surface area contributed by atoms with Crippen LogP contribution in [0.1, 0.15) is 38.6 Å². The second kappa shape index (κ2) is 6.16. The Bertz CT molecular complexity index is 693. The van der Waals surface area contributed by atoms with Crippen LogP contribution in [0.3, 0.4) is 0 Å². The number of amides is 2. The van der Waals surface area contributed by atoms with Gasteiger partial charge in [0.05, 0.1) is 12.6 Å². The fourth-order valence-corrected chi connectivity index (χ4v) is 2.63. The van der Waals surface area contributed by atoms with E-state index in [0.29, 0.717) is 12.4 Å². The molecule has 1 atom stereocenters. The first-order chi connectivity index (χ1) is 11.0. The van der Waals surface area contributed by atoms with Gasteiger partial charge in [0.1, 0.15) is 0 Å². The summed E-state index contributed by atoms with van der Waals surface area (Å²) in [5.41, 5.74) is 0.652. The van der Waals surface area contributed by atoms with Gasteiger partial charge in [-0.1, -0.05) is 19.9 Å². The molecule has 2 amide bonds. The lowest BCUT2D eigenvalue weighted by molar-refractivity contribution is 0.200. The number of hydrogen-bond donors (Lipinski definition) is 3. The molecule has 2 aromatic heterocycles. The number of urea groups is 1. The van der Waals surface area contributed by atoms with E-state index in [9.17, 15) is 9.90 Å². The van der Waals surface area contributed by atoms with Crippen molar-refractivity contribution < 1.29 is 9.90 Å². The van der Waals surface area contributed by atoms with Crippen molar-refractivity contribution in [3.05, 3.63) is 30.2 Å². The van der Waals surface area contributed by atoms with E-state index in [1.807, 2.05) is 42.6 Å². The lowest BCUT2D eigenvalue weighted by atomic mass is 10.0. The van der Waals surface area contributed by atoms with E-state index in [0.717, 1.165) is 18.5 Å². The van der Waals surface area contributed by atoms with Gasteiger partial charge in [0.2, 0.25) is 0 Å². The molecule has 0 spiro atoms. The SMILES string of the molecule is CC(C)C(NC(=O)NCC1(CO)CC1)c1nnc2ccccn12. The highest BCUT2D eigenvalue weighted by Gasteiger charge is 2.42. The highest BCUT2D eigenvalue weighted by atomic mass is 16.3. The standard InChI is InChI=1S/C16H23N5O2/c1-11(2)13(14-20-19-12-5-3-4-8-21(12)14)18-15(23)17-9-16(10-22)6-7-16/h3-5,8,11,13,22H,6-7,9-10H2,1-2H3,(H2,17,18,23). The molecule has 2 heterocycles. The lowest BCUT2D eigenvalue weighted by Gasteiger charge is -2.22. The smallest absolute Gasteiger partial charge is 0.315 e. The minimum atomic E-state index is -0.240. The van der Waals surface area contributed by atoms with Gasteiger partial charge < -0.3 is 15.7 Å². The fourth-order valence-electron chi connectivity index (χ4n) is 2.63. The molecular formula is C16H23N5O2. The molecule has 1 unspecified atom stereocenters. The summed E-state index contributed by atoms with van der Waals surface area (Å²) >= 11 is 0. The van der Waals surface area contributed by atoms with E-state index < -0.39 is 0 Å². The van der Waals surface area contributed by atoms with Crippen molar-refractivity contribution in [3.8, 4) is 0 Å². The van der Waals surface area contributed by atoms with Crippen molar-refractivity contribution in [2.75, 3.05) is 13.2 Å². The van der Waals surface area contributed by atoms with Crippen LogP contribution >= 0.6 is 0 Å². The monoisotopic (exact) mass is 317 g/mol. The van der Waals surface area contributed by atoms with E-state index >= 15 is 0 Å². The number of nitrogens with zero attached hydrogens (tertiary/aromatic N) is 3. The van der Waals surface area contributed by atoms with Crippen LogP contribution in [0.5, 0.6) is 0 Å². The molecule has 0 aromatic carbocycles. The highest BCUT2D eigenvalue weighted by Crippen LogP contribution is 2.44. The second-order valence-corrected chi connectivity index (χ2v) is 6.69. The number of aromatic nitrogens is 3. The minimum absolute atomic E-state index is 0.105. The van der Waals surface area contributed by atoms with Gasteiger partial charge in [-0.15, -0.1) is 10.2 Å². The average Bonchev–Trinajstić information content (AvgIpc) is 3.22. The Labute approximate surface area is 135 Å². The fraction of sp³-hybridized carbons (Fsp3) is 0.562. The van der Waals surface area contributed by atoms with Crippen molar-refractivity contribution in [3.63, 3.8) is 0 Å². The van der Waals surface area contributed by atoms with Crippen molar-refractivity contribution in [1.82, 2.24) is 25.2 Å². The van der Waals surface area contributed by atoms with Gasteiger partial charge >= 0.3 is 6.03 Å². The van der Waals surface area contributed by atoms with Crippen LogP contribution < -0.4 is 10.6 Å². The van der Waals surface area contributed by atoms with Crippen LogP contribution in [0.2, 0.25) is 0 Å². The molecule has 3 N–H and O–H groups in total. The highest BCUT2D eigenvalue weighted by molar-refractivity contribution is 5.74. The zero-order valence-electron chi connectivity index (χ0n) is 13.5.